The van der Waals surface area contributed by atoms with Gasteiger partial charge in [0.05, 0.1) is 32.9 Å². The first kappa shape index (κ1) is 20.6. The lowest BCUT2D eigenvalue weighted by Gasteiger charge is -2.15. The van der Waals surface area contributed by atoms with Gasteiger partial charge in [0.2, 0.25) is 0 Å². The van der Waals surface area contributed by atoms with Gasteiger partial charge in [-0.3, -0.25) is 0 Å². The van der Waals surface area contributed by atoms with Gasteiger partial charge in [0.1, 0.15) is 5.82 Å². The van der Waals surface area contributed by atoms with Crippen LogP contribution >= 0.6 is 0 Å². The molecule has 0 aliphatic heterocycles. The van der Waals surface area contributed by atoms with Crippen LogP contribution in [0.15, 0.2) is 36.5 Å². The van der Waals surface area contributed by atoms with Crippen LogP contribution in [0.2, 0.25) is 0 Å². The largest absolute Gasteiger partial charge is 0.493 e. The Kier molecular flexibility index (Phi) is 6.66. The van der Waals surface area contributed by atoms with E-state index in [1.54, 1.807) is 27.5 Å². The fourth-order valence-electron chi connectivity index (χ4n) is 3.10. The Labute approximate surface area is 171 Å². The fourth-order valence-corrected chi connectivity index (χ4v) is 3.10. The van der Waals surface area contributed by atoms with Gasteiger partial charge in [-0.25, -0.2) is 14.6 Å². The van der Waals surface area contributed by atoms with Gasteiger partial charge in [-0.05, 0) is 29.8 Å². The molecule has 0 bridgehead atoms. The van der Waals surface area contributed by atoms with Crippen molar-refractivity contribution in [2.45, 2.75) is 13.0 Å². The molecule has 0 unspecified atom stereocenters. The molecule has 0 N–H and O–H groups in total. The van der Waals surface area contributed by atoms with Gasteiger partial charge in [0.25, 0.3) is 0 Å². The summed E-state index contributed by atoms with van der Waals surface area (Å²) in [4.78, 5) is 11.3. The van der Waals surface area contributed by atoms with Crippen molar-refractivity contribution in [1.82, 2.24) is 19.7 Å². The molecule has 0 saturated carbocycles. The number of benzene rings is 1. The maximum atomic E-state index is 5.41. The summed E-state index contributed by atoms with van der Waals surface area (Å²) in [5.74, 6) is 3.72. The van der Waals surface area contributed by atoms with Crippen molar-refractivity contribution in [2.24, 2.45) is 0 Å². The van der Waals surface area contributed by atoms with Gasteiger partial charge in [-0.2, -0.15) is 5.10 Å². The maximum Gasteiger partial charge on any atom is 0.162 e. The highest BCUT2D eigenvalue weighted by Gasteiger charge is 2.17. The highest BCUT2D eigenvalue weighted by Crippen LogP contribution is 2.29. The van der Waals surface area contributed by atoms with Crippen LogP contribution in [0.1, 0.15) is 11.4 Å². The van der Waals surface area contributed by atoms with Gasteiger partial charge < -0.3 is 19.1 Å². The van der Waals surface area contributed by atoms with E-state index in [1.165, 1.54) is 0 Å². The summed E-state index contributed by atoms with van der Waals surface area (Å²) in [6, 6.07) is 9.75. The number of aromatic nitrogens is 4. The molecule has 2 heterocycles. The van der Waals surface area contributed by atoms with Crippen LogP contribution in [-0.4, -0.2) is 61.8 Å². The third-order valence-electron chi connectivity index (χ3n) is 4.48. The number of methoxy groups -OCH3 is 3. The van der Waals surface area contributed by atoms with E-state index in [-0.39, 0.29) is 0 Å². The molecular formula is C21H27N5O3. The van der Waals surface area contributed by atoms with E-state index in [0.717, 1.165) is 28.6 Å². The van der Waals surface area contributed by atoms with Crippen LogP contribution in [0.4, 0.5) is 5.82 Å². The van der Waals surface area contributed by atoms with Gasteiger partial charge in [-0.15, -0.1) is 0 Å². The standard InChI is InChI=1S/C21H27N5O3/c1-25(2)20-16(7-6-10-22-20)21-23-19(24-26(21)11-12-27-3)14-15-8-9-17(28-4)18(13-15)29-5/h6-10,13H,11-12,14H2,1-5H3. The number of hydrogen-bond donors (Lipinski definition) is 0. The van der Waals surface area contributed by atoms with Crippen molar-refractivity contribution >= 4 is 5.82 Å². The number of nitrogens with zero attached hydrogens (tertiary/aromatic N) is 5. The summed E-state index contributed by atoms with van der Waals surface area (Å²) >= 11 is 0. The van der Waals surface area contributed by atoms with Gasteiger partial charge in [0.15, 0.2) is 23.1 Å². The van der Waals surface area contributed by atoms with E-state index in [1.807, 2.05) is 54.0 Å². The quantitative estimate of drug-likeness (QED) is 0.549. The molecule has 0 fully saturated rings. The van der Waals surface area contributed by atoms with E-state index in [9.17, 15) is 0 Å². The third-order valence-corrected chi connectivity index (χ3v) is 4.48. The predicted octanol–water partition coefficient (Wildman–Crippen LogP) is 2.66. The normalized spacial score (nSPS) is 10.8. The molecule has 0 aliphatic carbocycles. The van der Waals surface area contributed by atoms with Crippen LogP contribution in [-0.2, 0) is 17.7 Å². The van der Waals surface area contributed by atoms with Crippen LogP contribution < -0.4 is 14.4 Å². The molecule has 3 aromatic rings. The average molecular weight is 397 g/mol. The Balaban J connectivity index is 1.98. The molecule has 0 amide bonds. The second-order valence-corrected chi connectivity index (χ2v) is 6.70. The van der Waals surface area contributed by atoms with E-state index < -0.39 is 0 Å². The average Bonchev–Trinajstić information content (AvgIpc) is 3.14. The van der Waals surface area contributed by atoms with Gasteiger partial charge in [-0.1, -0.05) is 6.07 Å². The lowest BCUT2D eigenvalue weighted by Crippen LogP contribution is -2.14. The van der Waals surface area contributed by atoms with Crippen molar-refractivity contribution in [2.75, 3.05) is 46.9 Å². The SMILES string of the molecule is COCCn1nc(Cc2ccc(OC)c(OC)c2)nc1-c1cccnc1N(C)C. The maximum absolute atomic E-state index is 5.41. The predicted molar refractivity (Wildman–Crippen MR) is 112 cm³/mol. The third kappa shape index (κ3) is 4.65. The van der Waals surface area contributed by atoms with Crippen molar-refractivity contribution in [1.29, 1.82) is 0 Å². The molecule has 2 aromatic heterocycles. The molecule has 0 atom stereocenters. The monoisotopic (exact) mass is 397 g/mol. The second kappa shape index (κ2) is 9.38. The molecular weight excluding hydrogens is 370 g/mol. The van der Waals surface area contributed by atoms with Crippen LogP contribution in [0.5, 0.6) is 11.5 Å². The molecule has 1 aromatic carbocycles. The molecule has 154 valence electrons. The first-order chi connectivity index (χ1) is 14.1. The fraction of sp³-hybridized carbons (Fsp3) is 0.381. The highest BCUT2D eigenvalue weighted by molar-refractivity contribution is 5.70. The lowest BCUT2D eigenvalue weighted by atomic mass is 10.1. The Morgan fingerprint density at radius 1 is 1.03 bits per heavy atom. The van der Waals surface area contributed by atoms with E-state index in [2.05, 4.69) is 4.98 Å². The minimum absolute atomic E-state index is 0.545. The lowest BCUT2D eigenvalue weighted by molar-refractivity contribution is 0.184. The Hall–Kier alpha value is -3.13. The molecule has 29 heavy (non-hydrogen) atoms. The van der Waals surface area contributed by atoms with Crippen molar-refractivity contribution in [3.05, 3.63) is 47.9 Å². The van der Waals surface area contributed by atoms with Crippen molar-refractivity contribution in [3.63, 3.8) is 0 Å². The Morgan fingerprint density at radius 2 is 1.83 bits per heavy atom. The zero-order chi connectivity index (χ0) is 20.8. The minimum Gasteiger partial charge on any atom is -0.493 e. The molecule has 0 radical (unpaired) electrons. The molecule has 3 rings (SSSR count). The molecule has 0 aliphatic rings. The first-order valence-corrected chi connectivity index (χ1v) is 9.33. The van der Waals surface area contributed by atoms with Crippen LogP contribution in [0, 0.1) is 0 Å². The first-order valence-electron chi connectivity index (χ1n) is 9.33. The molecule has 8 nitrogen and oxygen atoms in total. The highest BCUT2D eigenvalue weighted by atomic mass is 16.5. The molecule has 0 spiro atoms. The zero-order valence-electron chi connectivity index (χ0n) is 17.5. The van der Waals surface area contributed by atoms with E-state index in [0.29, 0.717) is 31.1 Å². The summed E-state index contributed by atoms with van der Waals surface area (Å²) in [5.41, 5.74) is 1.97. The number of hydrogen-bond acceptors (Lipinski definition) is 7. The smallest absolute Gasteiger partial charge is 0.162 e. The number of rotatable bonds is 9. The number of ether oxygens (including phenoxy) is 3. The summed E-state index contributed by atoms with van der Waals surface area (Å²) in [6.07, 6.45) is 2.35. The summed E-state index contributed by atoms with van der Waals surface area (Å²) in [7, 11) is 8.86. The summed E-state index contributed by atoms with van der Waals surface area (Å²) in [5, 5.41) is 4.73. The summed E-state index contributed by atoms with van der Waals surface area (Å²) < 4.78 is 17.9. The number of anilines is 1. The van der Waals surface area contributed by atoms with E-state index in [4.69, 9.17) is 24.3 Å². The Morgan fingerprint density at radius 3 is 2.52 bits per heavy atom. The Bertz CT molecular complexity index is 955. The topological polar surface area (TPSA) is 74.5 Å². The molecule has 0 saturated heterocycles. The zero-order valence-corrected chi connectivity index (χ0v) is 17.5. The van der Waals surface area contributed by atoms with Gasteiger partial charge in [0, 0.05) is 33.8 Å². The van der Waals surface area contributed by atoms with Crippen molar-refractivity contribution in [3.8, 4) is 22.9 Å². The summed E-state index contributed by atoms with van der Waals surface area (Å²) in [6.45, 7) is 1.15. The second-order valence-electron chi connectivity index (χ2n) is 6.70. The number of pyridine rings is 1. The van der Waals surface area contributed by atoms with Gasteiger partial charge >= 0.3 is 0 Å². The van der Waals surface area contributed by atoms with E-state index >= 15 is 0 Å². The van der Waals surface area contributed by atoms with Crippen LogP contribution in [0.3, 0.4) is 0 Å². The molecule has 8 heteroatoms. The minimum atomic E-state index is 0.545. The van der Waals surface area contributed by atoms with Crippen molar-refractivity contribution < 1.29 is 14.2 Å². The van der Waals surface area contributed by atoms with Crippen LogP contribution in [0.25, 0.3) is 11.4 Å².